The van der Waals surface area contributed by atoms with Gasteiger partial charge in [-0.3, -0.25) is 4.90 Å². The van der Waals surface area contributed by atoms with E-state index in [-0.39, 0.29) is 16.9 Å². The highest BCUT2D eigenvalue weighted by molar-refractivity contribution is 5.63. The molecule has 4 bridgehead atoms. The van der Waals surface area contributed by atoms with Crippen LogP contribution in [-0.2, 0) is 21.3 Å². The van der Waals surface area contributed by atoms with Crippen LogP contribution in [0.4, 0.5) is 0 Å². The summed E-state index contributed by atoms with van der Waals surface area (Å²) in [6.45, 7) is 2.36. The highest BCUT2D eigenvalue weighted by Crippen LogP contribution is 2.73. The smallest absolute Gasteiger partial charge is 0.206 e. The Morgan fingerprint density at radius 2 is 1.85 bits per heavy atom. The van der Waals surface area contributed by atoms with Crippen molar-refractivity contribution in [2.45, 2.75) is 55.5 Å². The Morgan fingerprint density at radius 3 is 2.62 bits per heavy atom. The van der Waals surface area contributed by atoms with Crippen molar-refractivity contribution in [3.05, 3.63) is 23.3 Å². The summed E-state index contributed by atoms with van der Waals surface area (Å²) in [5.41, 5.74) is 3.12. The molecule has 0 radical (unpaired) electrons. The van der Waals surface area contributed by atoms with Gasteiger partial charge in [0.1, 0.15) is 0 Å². The third kappa shape index (κ3) is 1.39. The van der Waals surface area contributed by atoms with Gasteiger partial charge >= 0.3 is 0 Å². The second-order valence-corrected chi connectivity index (χ2v) is 8.73. The average molecular weight is 357 g/mol. The number of ether oxygens (including phenoxy) is 4. The first-order chi connectivity index (χ1) is 12.7. The number of nitrogens with zero attached hydrogens (tertiary/aromatic N) is 1. The van der Waals surface area contributed by atoms with Gasteiger partial charge in [-0.25, -0.2) is 0 Å². The van der Waals surface area contributed by atoms with Crippen molar-refractivity contribution in [3.63, 3.8) is 0 Å². The lowest BCUT2D eigenvalue weighted by Crippen LogP contribution is -2.73. The molecule has 1 aromatic rings. The molecular weight excluding hydrogens is 330 g/mol. The molecule has 3 heterocycles. The molecule has 1 aromatic carbocycles. The molecular formula is C21H27NO4. The van der Waals surface area contributed by atoms with E-state index in [1.807, 2.05) is 0 Å². The number of piperidine rings is 1. The number of benzene rings is 1. The fourth-order valence-electron chi connectivity index (χ4n) is 7.57. The van der Waals surface area contributed by atoms with Gasteiger partial charge in [-0.15, -0.1) is 0 Å². The van der Waals surface area contributed by atoms with E-state index in [2.05, 4.69) is 17.0 Å². The summed E-state index contributed by atoms with van der Waals surface area (Å²) in [5.74, 6) is 1.12. The molecule has 26 heavy (non-hydrogen) atoms. The van der Waals surface area contributed by atoms with Crippen LogP contribution in [0.2, 0.25) is 0 Å². The van der Waals surface area contributed by atoms with E-state index in [0.29, 0.717) is 6.04 Å². The Kier molecular flexibility index (Phi) is 2.87. The number of rotatable bonds is 3. The average Bonchev–Trinajstić information content (AvgIpc) is 3.14. The molecule has 5 atom stereocenters. The predicted molar refractivity (Wildman–Crippen MR) is 95.8 cm³/mol. The minimum Gasteiger partial charge on any atom is -0.493 e. The van der Waals surface area contributed by atoms with E-state index < -0.39 is 5.79 Å². The molecule has 5 nitrogen and oxygen atoms in total. The summed E-state index contributed by atoms with van der Waals surface area (Å²) in [7, 11) is 5.28. The van der Waals surface area contributed by atoms with Crippen molar-refractivity contribution in [1.29, 1.82) is 0 Å². The molecule has 0 N–H and O–H groups in total. The van der Waals surface area contributed by atoms with E-state index in [1.54, 1.807) is 21.3 Å². The molecule has 5 heteroatoms. The van der Waals surface area contributed by atoms with Gasteiger partial charge in [-0.1, -0.05) is 6.07 Å². The molecule has 0 amide bonds. The molecule has 0 aromatic heterocycles. The molecule has 5 aliphatic rings. The van der Waals surface area contributed by atoms with Crippen molar-refractivity contribution in [1.82, 2.24) is 4.90 Å². The highest BCUT2D eigenvalue weighted by atomic mass is 16.7. The summed E-state index contributed by atoms with van der Waals surface area (Å²) in [6.07, 6.45) is 5.45. The van der Waals surface area contributed by atoms with Gasteiger partial charge in [0.25, 0.3) is 0 Å². The zero-order valence-corrected chi connectivity index (χ0v) is 15.8. The molecule has 1 saturated carbocycles. The van der Waals surface area contributed by atoms with Crippen LogP contribution < -0.4 is 9.47 Å². The van der Waals surface area contributed by atoms with Crippen LogP contribution in [0.25, 0.3) is 0 Å². The second kappa shape index (κ2) is 4.75. The van der Waals surface area contributed by atoms with Crippen LogP contribution in [0.3, 0.4) is 0 Å². The summed E-state index contributed by atoms with van der Waals surface area (Å²) in [6, 6.07) is 4.97. The number of methoxy groups -OCH3 is 3. The lowest BCUT2D eigenvalue weighted by molar-refractivity contribution is -0.302. The Bertz CT molecular complexity index is 790. The van der Waals surface area contributed by atoms with Crippen LogP contribution in [-0.4, -0.2) is 57.3 Å². The van der Waals surface area contributed by atoms with Crippen molar-refractivity contribution < 1.29 is 18.9 Å². The second-order valence-electron chi connectivity index (χ2n) is 8.73. The minimum atomic E-state index is -0.681. The molecule has 3 aliphatic heterocycles. The van der Waals surface area contributed by atoms with Gasteiger partial charge in [-0.2, -0.15) is 0 Å². The van der Waals surface area contributed by atoms with Gasteiger partial charge in [0.15, 0.2) is 17.6 Å². The Morgan fingerprint density at radius 1 is 1.04 bits per heavy atom. The zero-order chi connectivity index (χ0) is 17.7. The minimum absolute atomic E-state index is 0.0214. The number of hydrogen-bond donors (Lipinski definition) is 0. The molecule has 2 aliphatic carbocycles. The van der Waals surface area contributed by atoms with E-state index in [1.165, 1.54) is 24.1 Å². The number of hydrogen-bond acceptors (Lipinski definition) is 5. The van der Waals surface area contributed by atoms with Crippen LogP contribution in [0, 0.1) is 5.41 Å². The first-order valence-electron chi connectivity index (χ1n) is 9.87. The topological polar surface area (TPSA) is 40.2 Å². The molecule has 1 unspecified atom stereocenters. The van der Waals surface area contributed by atoms with Gasteiger partial charge in [0.2, 0.25) is 5.79 Å². The van der Waals surface area contributed by atoms with Crippen molar-refractivity contribution in [2.75, 3.05) is 34.4 Å². The SMILES string of the molecule is COc1ccc2c3c1O[C@H]1C(OC)(OC)CC[C@]45CCN(CC[C@]314)[C@@H]5C2. The van der Waals surface area contributed by atoms with E-state index in [4.69, 9.17) is 18.9 Å². The summed E-state index contributed by atoms with van der Waals surface area (Å²) in [4.78, 5) is 2.74. The highest BCUT2D eigenvalue weighted by Gasteiger charge is 2.77. The van der Waals surface area contributed by atoms with Crippen molar-refractivity contribution in [3.8, 4) is 11.5 Å². The third-order valence-corrected chi connectivity index (χ3v) is 8.59. The normalized spacial score (nSPS) is 43.0. The summed E-state index contributed by atoms with van der Waals surface area (Å²) >= 11 is 0. The first kappa shape index (κ1) is 15.7. The van der Waals surface area contributed by atoms with Crippen LogP contribution in [0.15, 0.2) is 12.1 Å². The van der Waals surface area contributed by atoms with Crippen LogP contribution in [0.1, 0.15) is 36.8 Å². The lowest BCUT2D eigenvalue weighted by Gasteiger charge is -2.64. The molecule has 3 fully saturated rings. The monoisotopic (exact) mass is 357 g/mol. The largest absolute Gasteiger partial charge is 0.493 e. The molecule has 6 rings (SSSR count). The Hall–Kier alpha value is -1.30. The van der Waals surface area contributed by atoms with E-state index >= 15 is 0 Å². The Balaban J connectivity index is 1.68. The maximum atomic E-state index is 6.75. The maximum absolute atomic E-state index is 6.75. The third-order valence-electron chi connectivity index (χ3n) is 8.59. The fraction of sp³-hybridized carbons (Fsp3) is 0.714. The molecule has 140 valence electrons. The van der Waals surface area contributed by atoms with Crippen molar-refractivity contribution >= 4 is 0 Å². The van der Waals surface area contributed by atoms with Crippen molar-refractivity contribution in [2.24, 2.45) is 5.41 Å². The van der Waals surface area contributed by atoms with Gasteiger partial charge in [0.05, 0.1) is 12.5 Å². The van der Waals surface area contributed by atoms with E-state index in [0.717, 1.165) is 43.7 Å². The van der Waals surface area contributed by atoms with Gasteiger partial charge < -0.3 is 18.9 Å². The maximum Gasteiger partial charge on any atom is 0.206 e. The molecule has 2 saturated heterocycles. The van der Waals surface area contributed by atoms with Gasteiger partial charge in [0, 0.05) is 37.7 Å². The van der Waals surface area contributed by atoms with Gasteiger partial charge in [-0.05, 0) is 50.4 Å². The predicted octanol–water partition coefficient (Wildman–Crippen LogP) is 2.50. The molecule has 2 spiro atoms. The zero-order valence-electron chi connectivity index (χ0n) is 15.8. The summed E-state index contributed by atoms with van der Waals surface area (Å²) < 4.78 is 24.6. The lowest BCUT2D eigenvalue weighted by atomic mass is 9.43. The standard InChI is InChI=1S/C21H27NO4/c1-23-14-5-4-13-12-15-19-6-7-21(24-2,25-3)18-20(19,16(13)17(14)26-18)9-11-22(15)10-8-19/h4-5,15,18H,6-12H2,1-3H3/t15-,18-,19-,20+/m1/s1. The quantitative estimate of drug-likeness (QED) is 0.778. The van der Waals surface area contributed by atoms with Crippen LogP contribution in [0.5, 0.6) is 11.5 Å². The first-order valence-corrected chi connectivity index (χ1v) is 9.87. The summed E-state index contributed by atoms with van der Waals surface area (Å²) in [5, 5.41) is 0. The fourth-order valence-corrected chi connectivity index (χ4v) is 7.57. The van der Waals surface area contributed by atoms with E-state index in [9.17, 15) is 0 Å². The Labute approximate surface area is 154 Å². The van der Waals surface area contributed by atoms with Crippen LogP contribution >= 0.6 is 0 Å².